The van der Waals surface area contributed by atoms with Crippen LogP contribution in [-0.4, -0.2) is 30.9 Å². The van der Waals surface area contributed by atoms with Crippen molar-refractivity contribution >= 4 is 33.2 Å². The molecule has 3 N–H and O–H groups in total. The molecule has 9 heteroatoms. The number of hydrogen-bond acceptors (Lipinski definition) is 6. The number of nitrogens with two attached hydrogens (primary N) is 1. The maximum absolute atomic E-state index is 12.1. The number of anilines is 1. The summed E-state index contributed by atoms with van der Waals surface area (Å²) in [5.41, 5.74) is 5.04. The second-order valence-electron chi connectivity index (χ2n) is 4.46. The summed E-state index contributed by atoms with van der Waals surface area (Å²) >= 11 is 1.75. The molecule has 1 aromatic rings. The molecule has 1 fully saturated rings. The molecule has 0 aliphatic carbocycles. The number of nitro benzene ring substituents is 1. The summed E-state index contributed by atoms with van der Waals surface area (Å²) in [6.45, 7) is 0.365. The Morgan fingerprint density at radius 1 is 1.50 bits per heavy atom. The Morgan fingerprint density at radius 2 is 2.25 bits per heavy atom. The molecule has 0 saturated carbocycles. The Balaban J connectivity index is 2.12. The number of nitro groups is 1. The molecule has 1 atom stereocenters. The molecule has 1 saturated heterocycles. The van der Waals surface area contributed by atoms with Gasteiger partial charge in [-0.1, -0.05) is 0 Å². The highest BCUT2D eigenvalue weighted by molar-refractivity contribution is 8.00. The summed E-state index contributed by atoms with van der Waals surface area (Å²) in [6.07, 6.45) is 2.09. The summed E-state index contributed by atoms with van der Waals surface area (Å²) in [7, 11) is -3.68. The first kappa shape index (κ1) is 15.1. The molecule has 0 amide bonds. The highest BCUT2D eigenvalue weighted by Gasteiger charge is 2.22. The molecule has 2 rings (SSSR count). The maximum atomic E-state index is 12.1. The van der Waals surface area contributed by atoms with Crippen LogP contribution < -0.4 is 10.5 Å². The lowest BCUT2D eigenvalue weighted by molar-refractivity contribution is -0.383. The van der Waals surface area contributed by atoms with Crippen LogP contribution in [0.25, 0.3) is 0 Å². The van der Waals surface area contributed by atoms with E-state index in [0.29, 0.717) is 11.8 Å². The number of hydrogen-bond donors (Lipinski definition) is 2. The third-order valence-corrected chi connectivity index (χ3v) is 5.85. The van der Waals surface area contributed by atoms with Gasteiger partial charge in [-0.25, -0.2) is 13.1 Å². The van der Waals surface area contributed by atoms with Crippen LogP contribution in [-0.2, 0) is 10.0 Å². The van der Waals surface area contributed by atoms with E-state index in [4.69, 9.17) is 5.73 Å². The van der Waals surface area contributed by atoms with Crippen molar-refractivity contribution in [1.29, 1.82) is 0 Å². The van der Waals surface area contributed by atoms with Gasteiger partial charge in [0.05, 0.1) is 9.82 Å². The van der Waals surface area contributed by atoms with Gasteiger partial charge in [-0.2, -0.15) is 11.8 Å². The zero-order chi connectivity index (χ0) is 14.8. The standard InChI is InChI=1S/C11H15N3O4S2/c12-10-6-9(3-4-11(10)14(15)16)20(17,18)13-7-8-2-1-5-19-8/h3-4,6,8,13H,1-2,5,7,12H2. The predicted molar refractivity (Wildman–Crippen MR) is 78.2 cm³/mol. The minimum absolute atomic E-state index is 0.0522. The van der Waals surface area contributed by atoms with E-state index in [1.165, 1.54) is 6.07 Å². The number of nitrogens with one attached hydrogen (secondary N) is 1. The minimum Gasteiger partial charge on any atom is -0.393 e. The van der Waals surface area contributed by atoms with Crippen LogP contribution in [0.5, 0.6) is 0 Å². The van der Waals surface area contributed by atoms with E-state index in [1.54, 1.807) is 11.8 Å². The molecule has 110 valence electrons. The lowest BCUT2D eigenvalue weighted by atomic mass is 10.2. The number of nitrogens with zero attached hydrogens (tertiary/aromatic N) is 1. The zero-order valence-corrected chi connectivity index (χ0v) is 12.2. The van der Waals surface area contributed by atoms with E-state index in [1.807, 2.05) is 0 Å². The van der Waals surface area contributed by atoms with E-state index in [2.05, 4.69) is 4.72 Å². The van der Waals surface area contributed by atoms with Crippen molar-refractivity contribution < 1.29 is 13.3 Å². The molecule has 0 bridgehead atoms. The average Bonchev–Trinajstić information content (AvgIpc) is 2.89. The monoisotopic (exact) mass is 317 g/mol. The van der Waals surface area contributed by atoms with Gasteiger partial charge in [-0.15, -0.1) is 0 Å². The number of thioether (sulfide) groups is 1. The summed E-state index contributed by atoms with van der Waals surface area (Å²) in [5, 5.41) is 10.9. The fourth-order valence-corrected chi connectivity index (χ4v) is 4.38. The quantitative estimate of drug-likeness (QED) is 0.481. The van der Waals surface area contributed by atoms with Crippen LogP contribution in [0.3, 0.4) is 0 Å². The van der Waals surface area contributed by atoms with Gasteiger partial charge in [-0.05, 0) is 30.7 Å². The number of benzene rings is 1. The van der Waals surface area contributed by atoms with E-state index in [-0.39, 0.29) is 16.3 Å². The number of sulfonamides is 1. The van der Waals surface area contributed by atoms with Crippen molar-refractivity contribution in [3.05, 3.63) is 28.3 Å². The summed E-state index contributed by atoms with van der Waals surface area (Å²) in [5.74, 6) is 1.05. The highest BCUT2D eigenvalue weighted by atomic mass is 32.2. The van der Waals surface area contributed by atoms with Gasteiger partial charge in [-0.3, -0.25) is 10.1 Å². The van der Waals surface area contributed by atoms with Crippen LogP contribution in [0, 0.1) is 10.1 Å². The maximum Gasteiger partial charge on any atom is 0.292 e. The number of nitrogen functional groups attached to an aromatic ring is 1. The van der Waals surface area contributed by atoms with Gasteiger partial charge in [0.1, 0.15) is 5.69 Å². The van der Waals surface area contributed by atoms with Crippen molar-refractivity contribution in [2.75, 3.05) is 18.0 Å². The van der Waals surface area contributed by atoms with Gasteiger partial charge in [0.25, 0.3) is 5.69 Å². The summed E-state index contributed by atoms with van der Waals surface area (Å²) in [4.78, 5) is 9.94. The first-order valence-corrected chi connectivity index (χ1v) is 8.58. The van der Waals surface area contributed by atoms with Crippen LogP contribution in [0.2, 0.25) is 0 Å². The fourth-order valence-electron chi connectivity index (χ4n) is 1.96. The van der Waals surface area contributed by atoms with Crippen molar-refractivity contribution in [3.63, 3.8) is 0 Å². The second kappa shape index (κ2) is 5.98. The normalized spacial score (nSPS) is 19.1. The van der Waals surface area contributed by atoms with Crippen LogP contribution in [0.1, 0.15) is 12.8 Å². The predicted octanol–water partition coefficient (Wildman–Crippen LogP) is 1.35. The molecule has 0 aromatic heterocycles. The molecule has 1 aliphatic heterocycles. The van der Waals surface area contributed by atoms with Crippen LogP contribution in [0.4, 0.5) is 11.4 Å². The van der Waals surface area contributed by atoms with Crippen molar-refractivity contribution in [3.8, 4) is 0 Å². The summed E-state index contributed by atoms with van der Waals surface area (Å²) < 4.78 is 26.7. The highest BCUT2D eigenvalue weighted by Crippen LogP contribution is 2.27. The molecular weight excluding hydrogens is 302 g/mol. The molecule has 1 heterocycles. The van der Waals surface area contributed by atoms with Gasteiger partial charge in [0.15, 0.2) is 0 Å². The van der Waals surface area contributed by atoms with E-state index in [9.17, 15) is 18.5 Å². The van der Waals surface area contributed by atoms with Gasteiger partial charge in [0, 0.05) is 17.9 Å². The molecule has 1 unspecified atom stereocenters. The largest absolute Gasteiger partial charge is 0.393 e. The van der Waals surface area contributed by atoms with E-state index < -0.39 is 14.9 Å². The van der Waals surface area contributed by atoms with Gasteiger partial charge >= 0.3 is 0 Å². The first-order chi connectivity index (χ1) is 9.40. The molecule has 7 nitrogen and oxygen atoms in total. The molecule has 1 aliphatic rings. The molecule has 0 spiro atoms. The van der Waals surface area contributed by atoms with Crippen LogP contribution >= 0.6 is 11.8 Å². The third kappa shape index (κ3) is 3.41. The Hall–Kier alpha value is -1.32. The van der Waals surface area contributed by atoms with Crippen molar-refractivity contribution in [1.82, 2.24) is 4.72 Å². The van der Waals surface area contributed by atoms with Gasteiger partial charge < -0.3 is 5.73 Å². The van der Waals surface area contributed by atoms with Crippen molar-refractivity contribution in [2.45, 2.75) is 23.0 Å². The number of rotatable bonds is 5. The minimum atomic E-state index is -3.68. The average molecular weight is 317 g/mol. The Labute approximate surface area is 121 Å². The first-order valence-electron chi connectivity index (χ1n) is 6.05. The lowest BCUT2D eigenvalue weighted by Crippen LogP contribution is -2.29. The van der Waals surface area contributed by atoms with E-state index >= 15 is 0 Å². The van der Waals surface area contributed by atoms with Crippen molar-refractivity contribution in [2.24, 2.45) is 0 Å². The Morgan fingerprint density at radius 3 is 2.80 bits per heavy atom. The zero-order valence-electron chi connectivity index (χ0n) is 10.6. The molecule has 1 aromatic carbocycles. The van der Waals surface area contributed by atoms with E-state index in [0.717, 1.165) is 30.7 Å². The van der Waals surface area contributed by atoms with Crippen LogP contribution in [0.15, 0.2) is 23.1 Å². The third-order valence-electron chi connectivity index (χ3n) is 3.03. The second-order valence-corrected chi connectivity index (χ2v) is 7.64. The van der Waals surface area contributed by atoms with Gasteiger partial charge in [0.2, 0.25) is 10.0 Å². The molecule has 20 heavy (non-hydrogen) atoms. The molecule has 0 radical (unpaired) electrons. The Kier molecular flexibility index (Phi) is 4.51. The topological polar surface area (TPSA) is 115 Å². The Bertz CT molecular complexity index is 612. The SMILES string of the molecule is Nc1cc(S(=O)(=O)NCC2CCCS2)ccc1[N+](=O)[O-]. The smallest absolute Gasteiger partial charge is 0.292 e. The summed E-state index contributed by atoms with van der Waals surface area (Å²) in [6, 6.07) is 3.41. The molecular formula is C11H15N3O4S2. The fraction of sp³-hybridized carbons (Fsp3) is 0.455. The lowest BCUT2D eigenvalue weighted by Gasteiger charge is -2.11.